The van der Waals surface area contributed by atoms with Gasteiger partial charge in [0.05, 0.1) is 5.69 Å². The number of aromatic nitrogens is 2. The molecule has 0 aliphatic carbocycles. The third kappa shape index (κ3) is 3.56. The molecule has 1 aromatic rings. The van der Waals surface area contributed by atoms with Crippen molar-refractivity contribution in [3.8, 4) is 0 Å². The Bertz CT molecular complexity index is 500. The lowest BCUT2D eigenvalue weighted by atomic mass is 10.2. The number of hydrogen-bond acceptors (Lipinski definition) is 4. The minimum absolute atomic E-state index is 0.164. The molecule has 0 radical (unpaired) electrons. The summed E-state index contributed by atoms with van der Waals surface area (Å²) in [6.45, 7) is 12.1. The average molecular weight is 293 g/mol. The zero-order valence-electron chi connectivity index (χ0n) is 13.8. The highest BCUT2D eigenvalue weighted by Crippen LogP contribution is 2.24. The zero-order chi connectivity index (χ0) is 15.6. The molecule has 6 heteroatoms. The van der Waals surface area contributed by atoms with Crippen molar-refractivity contribution in [3.63, 3.8) is 0 Å². The molecule has 1 saturated heterocycles. The van der Waals surface area contributed by atoms with Crippen LogP contribution in [0.3, 0.4) is 0 Å². The molecule has 2 heterocycles. The Morgan fingerprint density at radius 1 is 1.29 bits per heavy atom. The molecule has 0 atom stereocenters. The molecule has 0 aromatic carbocycles. The van der Waals surface area contributed by atoms with Crippen LogP contribution >= 0.6 is 0 Å². The first-order chi connectivity index (χ1) is 9.90. The summed E-state index contributed by atoms with van der Waals surface area (Å²) in [6, 6.07) is 0.451. The van der Waals surface area contributed by atoms with Crippen LogP contribution in [0.15, 0.2) is 0 Å². The van der Waals surface area contributed by atoms with Crippen molar-refractivity contribution in [1.82, 2.24) is 20.0 Å². The number of carbonyl (C=O) groups is 1. The van der Waals surface area contributed by atoms with Crippen molar-refractivity contribution >= 4 is 11.7 Å². The van der Waals surface area contributed by atoms with Gasteiger partial charge in [0.25, 0.3) is 0 Å². The standard InChI is InChI=1S/C15H27N5O/c1-11(2)16-10-14-12(3)17-18(5)15(14)20-8-6-19(7-9-20)13(4)21/h11,16H,6-10H2,1-5H3. The lowest BCUT2D eigenvalue weighted by Gasteiger charge is -2.36. The van der Waals surface area contributed by atoms with Crippen LogP contribution in [-0.2, 0) is 18.4 Å². The number of nitrogens with zero attached hydrogens (tertiary/aromatic N) is 4. The Morgan fingerprint density at radius 3 is 2.43 bits per heavy atom. The molecule has 1 N–H and O–H groups in total. The Labute approximate surface area is 127 Å². The molecule has 0 saturated carbocycles. The van der Waals surface area contributed by atoms with Gasteiger partial charge in [-0.25, -0.2) is 0 Å². The van der Waals surface area contributed by atoms with Crippen molar-refractivity contribution in [2.24, 2.45) is 7.05 Å². The summed E-state index contributed by atoms with van der Waals surface area (Å²) in [5, 5.41) is 8.05. The van der Waals surface area contributed by atoms with Gasteiger partial charge in [-0.05, 0) is 6.92 Å². The van der Waals surface area contributed by atoms with E-state index in [0.29, 0.717) is 6.04 Å². The number of anilines is 1. The van der Waals surface area contributed by atoms with E-state index in [-0.39, 0.29) is 5.91 Å². The van der Waals surface area contributed by atoms with Crippen molar-refractivity contribution in [1.29, 1.82) is 0 Å². The molecule has 1 aliphatic rings. The van der Waals surface area contributed by atoms with Crippen LogP contribution in [0.5, 0.6) is 0 Å². The van der Waals surface area contributed by atoms with Gasteiger partial charge in [0.15, 0.2) is 0 Å². The molecular formula is C15H27N5O. The van der Waals surface area contributed by atoms with E-state index >= 15 is 0 Å². The first kappa shape index (κ1) is 15.8. The van der Waals surface area contributed by atoms with Crippen LogP contribution in [-0.4, -0.2) is 52.8 Å². The van der Waals surface area contributed by atoms with E-state index in [9.17, 15) is 4.79 Å². The first-order valence-electron chi connectivity index (χ1n) is 7.66. The summed E-state index contributed by atoms with van der Waals surface area (Å²) in [6.07, 6.45) is 0. The molecule has 1 fully saturated rings. The minimum atomic E-state index is 0.164. The molecule has 6 nitrogen and oxygen atoms in total. The van der Waals surface area contributed by atoms with Gasteiger partial charge >= 0.3 is 0 Å². The van der Waals surface area contributed by atoms with Gasteiger partial charge < -0.3 is 15.1 Å². The fourth-order valence-electron chi connectivity index (χ4n) is 2.83. The molecule has 118 valence electrons. The van der Waals surface area contributed by atoms with Gasteiger partial charge in [0.1, 0.15) is 5.82 Å². The van der Waals surface area contributed by atoms with Crippen LogP contribution in [0.4, 0.5) is 5.82 Å². The van der Waals surface area contributed by atoms with E-state index in [1.807, 2.05) is 16.6 Å². The van der Waals surface area contributed by atoms with Gasteiger partial charge in [-0.3, -0.25) is 9.48 Å². The Kier molecular flexibility index (Phi) is 4.88. The number of aryl methyl sites for hydroxylation is 2. The fourth-order valence-corrected chi connectivity index (χ4v) is 2.83. The summed E-state index contributed by atoms with van der Waals surface area (Å²) in [5.74, 6) is 1.35. The van der Waals surface area contributed by atoms with Crippen LogP contribution in [0.2, 0.25) is 0 Å². The highest BCUT2D eigenvalue weighted by Gasteiger charge is 2.24. The maximum absolute atomic E-state index is 11.4. The third-order valence-corrected chi connectivity index (χ3v) is 4.02. The van der Waals surface area contributed by atoms with Crippen molar-refractivity contribution in [2.45, 2.75) is 40.3 Å². The van der Waals surface area contributed by atoms with Crippen molar-refractivity contribution < 1.29 is 4.79 Å². The highest BCUT2D eigenvalue weighted by molar-refractivity contribution is 5.73. The number of piperazine rings is 1. The van der Waals surface area contributed by atoms with Crippen molar-refractivity contribution in [2.75, 3.05) is 31.1 Å². The normalized spacial score (nSPS) is 15.9. The molecule has 1 aliphatic heterocycles. The van der Waals surface area contributed by atoms with Crippen LogP contribution in [0, 0.1) is 6.92 Å². The van der Waals surface area contributed by atoms with E-state index in [1.54, 1.807) is 6.92 Å². The number of carbonyl (C=O) groups excluding carboxylic acids is 1. The Balaban J connectivity index is 2.14. The summed E-state index contributed by atoms with van der Waals surface area (Å²) in [4.78, 5) is 15.7. The topological polar surface area (TPSA) is 53.4 Å². The summed E-state index contributed by atoms with van der Waals surface area (Å²) >= 11 is 0. The summed E-state index contributed by atoms with van der Waals surface area (Å²) < 4.78 is 1.97. The molecule has 21 heavy (non-hydrogen) atoms. The molecule has 1 aromatic heterocycles. The van der Waals surface area contributed by atoms with Crippen LogP contribution in [0.1, 0.15) is 32.0 Å². The second kappa shape index (κ2) is 6.47. The zero-order valence-corrected chi connectivity index (χ0v) is 13.8. The maximum Gasteiger partial charge on any atom is 0.219 e. The first-order valence-corrected chi connectivity index (χ1v) is 7.66. The second-order valence-corrected chi connectivity index (χ2v) is 6.04. The van der Waals surface area contributed by atoms with E-state index < -0.39 is 0 Å². The largest absolute Gasteiger partial charge is 0.353 e. The van der Waals surface area contributed by atoms with Crippen LogP contribution in [0.25, 0.3) is 0 Å². The number of amides is 1. The van der Waals surface area contributed by atoms with Gasteiger partial charge in [-0.1, -0.05) is 13.8 Å². The number of rotatable bonds is 4. The lowest BCUT2D eigenvalue weighted by Crippen LogP contribution is -2.49. The van der Waals surface area contributed by atoms with E-state index in [1.165, 1.54) is 11.4 Å². The second-order valence-electron chi connectivity index (χ2n) is 6.04. The molecule has 0 bridgehead atoms. The molecule has 1 amide bonds. The maximum atomic E-state index is 11.4. The van der Waals surface area contributed by atoms with E-state index in [0.717, 1.165) is 38.4 Å². The number of hydrogen-bond donors (Lipinski definition) is 1. The van der Waals surface area contributed by atoms with E-state index in [2.05, 4.69) is 36.1 Å². The molecule has 0 unspecified atom stereocenters. The fraction of sp³-hybridized carbons (Fsp3) is 0.733. The summed E-state index contributed by atoms with van der Waals surface area (Å²) in [7, 11) is 2.00. The quantitative estimate of drug-likeness (QED) is 0.896. The Morgan fingerprint density at radius 2 is 1.90 bits per heavy atom. The molecular weight excluding hydrogens is 266 g/mol. The van der Waals surface area contributed by atoms with Gasteiger partial charge in [0, 0.05) is 58.3 Å². The van der Waals surface area contributed by atoms with Gasteiger partial charge in [-0.2, -0.15) is 5.10 Å². The average Bonchev–Trinajstić information content (AvgIpc) is 2.70. The van der Waals surface area contributed by atoms with E-state index in [4.69, 9.17) is 0 Å². The van der Waals surface area contributed by atoms with Crippen molar-refractivity contribution in [3.05, 3.63) is 11.3 Å². The smallest absolute Gasteiger partial charge is 0.219 e. The molecule has 2 rings (SSSR count). The molecule has 0 spiro atoms. The van der Waals surface area contributed by atoms with Crippen LogP contribution < -0.4 is 10.2 Å². The minimum Gasteiger partial charge on any atom is -0.353 e. The lowest BCUT2D eigenvalue weighted by molar-refractivity contribution is -0.129. The monoisotopic (exact) mass is 293 g/mol. The third-order valence-electron chi connectivity index (χ3n) is 4.02. The summed E-state index contributed by atoms with van der Waals surface area (Å²) in [5.41, 5.74) is 2.34. The Hall–Kier alpha value is -1.56. The SMILES string of the molecule is CC(=O)N1CCN(c2c(CNC(C)C)c(C)nn2C)CC1. The predicted molar refractivity (Wildman–Crippen MR) is 84.4 cm³/mol. The van der Waals surface area contributed by atoms with Gasteiger partial charge in [0.2, 0.25) is 5.91 Å². The van der Waals surface area contributed by atoms with Gasteiger partial charge in [-0.15, -0.1) is 0 Å². The predicted octanol–water partition coefficient (Wildman–Crippen LogP) is 0.895. The number of nitrogens with one attached hydrogen (secondary N) is 1. The highest BCUT2D eigenvalue weighted by atomic mass is 16.2.